The van der Waals surface area contributed by atoms with Crippen LogP contribution in [0.4, 0.5) is 4.39 Å². The maximum Gasteiger partial charge on any atom is 0.311 e. The van der Waals surface area contributed by atoms with Crippen LogP contribution >= 0.6 is 0 Å². The van der Waals surface area contributed by atoms with Gasteiger partial charge in [0.25, 0.3) is 0 Å². The van der Waals surface area contributed by atoms with Gasteiger partial charge in [-0.25, -0.2) is 4.39 Å². The number of aliphatic hydroxyl groups excluding tert-OH is 1. The van der Waals surface area contributed by atoms with E-state index in [2.05, 4.69) is 5.92 Å². The van der Waals surface area contributed by atoms with Crippen LogP contribution in [-0.2, 0) is 9.53 Å². The Morgan fingerprint density at radius 1 is 1.47 bits per heavy atom. The van der Waals surface area contributed by atoms with Crippen molar-refractivity contribution < 1.29 is 19.0 Å². The van der Waals surface area contributed by atoms with E-state index >= 15 is 0 Å². The Morgan fingerprint density at radius 3 is 2.37 bits per heavy atom. The van der Waals surface area contributed by atoms with Gasteiger partial charge in [-0.2, -0.15) is 0 Å². The van der Waals surface area contributed by atoms with Crippen molar-refractivity contribution >= 4 is 5.97 Å². The predicted octanol–water partition coefficient (Wildman–Crippen LogP) is 2.45. The molecular formula is C15H21FO3. The molecule has 1 rings (SSSR count). The second kappa shape index (κ2) is 5.34. The molecule has 1 fully saturated rings. The van der Waals surface area contributed by atoms with Crippen molar-refractivity contribution in [3.63, 3.8) is 0 Å². The second-order valence-electron chi connectivity index (χ2n) is 5.96. The molecule has 0 amide bonds. The van der Waals surface area contributed by atoms with E-state index in [9.17, 15) is 9.18 Å². The largest absolute Gasteiger partial charge is 0.441 e. The van der Waals surface area contributed by atoms with Gasteiger partial charge in [-0.15, -0.1) is 6.42 Å². The van der Waals surface area contributed by atoms with Crippen LogP contribution in [0.1, 0.15) is 34.1 Å². The van der Waals surface area contributed by atoms with Crippen LogP contribution in [0.2, 0.25) is 0 Å². The normalized spacial score (nSPS) is 22.5. The van der Waals surface area contributed by atoms with Gasteiger partial charge in [0.05, 0.1) is 5.92 Å². The monoisotopic (exact) mass is 268 g/mol. The summed E-state index contributed by atoms with van der Waals surface area (Å²) in [5.74, 6) is 0.660. The summed E-state index contributed by atoms with van der Waals surface area (Å²) in [7, 11) is 0. The summed E-state index contributed by atoms with van der Waals surface area (Å²) in [5, 5.41) is 8.62. The van der Waals surface area contributed by atoms with Crippen LogP contribution in [0, 0.1) is 29.1 Å². The molecule has 1 atom stereocenters. The van der Waals surface area contributed by atoms with E-state index in [1.807, 2.05) is 27.7 Å². The Kier molecular flexibility index (Phi) is 4.42. The zero-order valence-corrected chi connectivity index (χ0v) is 11.9. The molecule has 0 spiro atoms. The molecule has 0 radical (unpaired) electrons. The van der Waals surface area contributed by atoms with Gasteiger partial charge in [0.15, 0.2) is 0 Å². The van der Waals surface area contributed by atoms with Gasteiger partial charge in [0, 0.05) is 6.61 Å². The number of aliphatic hydroxyl groups is 1. The molecule has 0 heterocycles. The van der Waals surface area contributed by atoms with Crippen LogP contribution in [0.25, 0.3) is 0 Å². The van der Waals surface area contributed by atoms with Crippen molar-refractivity contribution in [3.05, 3.63) is 11.9 Å². The third-order valence-corrected chi connectivity index (χ3v) is 4.36. The Labute approximate surface area is 113 Å². The first-order valence-corrected chi connectivity index (χ1v) is 6.33. The fraction of sp³-hybridized carbons (Fsp3) is 0.667. The Balaban J connectivity index is 2.70. The number of halogens is 1. The second-order valence-corrected chi connectivity index (χ2v) is 5.96. The molecule has 0 aliphatic heterocycles. The molecule has 4 heteroatoms. The highest BCUT2D eigenvalue weighted by molar-refractivity contribution is 5.79. The highest BCUT2D eigenvalue weighted by Crippen LogP contribution is 2.68. The molecular weight excluding hydrogens is 247 g/mol. The number of rotatable bonds is 5. The van der Waals surface area contributed by atoms with Gasteiger partial charge in [-0.3, -0.25) is 4.79 Å². The fourth-order valence-electron chi connectivity index (χ4n) is 2.45. The summed E-state index contributed by atoms with van der Waals surface area (Å²) in [4.78, 5) is 12.0. The summed E-state index contributed by atoms with van der Waals surface area (Å²) in [6, 6.07) is 0. The average molecular weight is 268 g/mol. The molecule has 106 valence electrons. The van der Waals surface area contributed by atoms with Crippen LogP contribution in [-0.4, -0.2) is 23.8 Å². The molecule has 0 bridgehead atoms. The highest BCUT2D eigenvalue weighted by atomic mass is 19.1. The smallest absolute Gasteiger partial charge is 0.311 e. The number of ether oxygens (including phenoxy) is 1. The quantitative estimate of drug-likeness (QED) is 0.615. The number of hydrogen-bond acceptors (Lipinski definition) is 3. The van der Waals surface area contributed by atoms with Crippen molar-refractivity contribution in [2.45, 2.75) is 40.2 Å². The van der Waals surface area contributed by atoms with Crippen molar-refractivity contribution in [2.75, 3.05) is 6.61 Å². The van der Waals surface area contributed by atoms with Gasteiger partial charge < -0.3 is 9.84 Å². The van der Waals surface area contributed by atoms with Crippen molar-refractivity contribution in [3.8, 4) is 12.3 Å². The van der Waals surface area contributed by atoms with Crippen LogP contribution in [0.5, 0.6) is 0 Å². The van der Waals surface area contributed by atoms with Crippen molar-refractivity contribution in [2.24, 2.45) is 16.7 Å². The summed E-state index contributed by atoms with van der Waals surface area (Å²) in [5.41, 5.74) is -0.344. The number of esters is 1. The first-order chi connectivity index (χ1) is 8.70. The number of carbonyl (C=O) groups is 1. The van der Waals surface area contributed by atoms with Gasteiger partial charge in [-0.1, -0.05) is 33.6 Å². The third kappa shape index (κ3) is 2.82. The molecule has 3 nitrogen and oxygen atoms in total. The Morgan fingerprint density at radius 2 is 2.00 bits per heavy atom. The molecule has 1 aliphatic carbocycles. The van der Waals surface area contributed by atoms with Crippen molar-refractivity contribution in [1.29, 1.82) is 0 Å². The molecule has 1 saturated carbocycles. The zero-order valence-electron chi connectivity index (χ0n) is 11.9. The predicted molar refractivity (Wildman–Crippen MR) is 70.7 cm³/mol. The van der Waals surface area contributed by atoms with E-state index in [-0.39, 0.29) is 29.8 Å². The molecule has 1 N–H and O–H groups in total. The van der Waals surface area contributed by atoms with Gasteiger partial charge in [-0.05, 0) is 23.3 Å². The van der Waals surface area contributed by atoms with E-state index < -0.39 is 17.9 Å². The first kappa shape index (κ1) is 15.7. The maximum absolute atomic E-state index is 13.6. The van der Waals surface area contributed by atoms with E-state index in [1.54, 1.807) is 0 Å². The lowest BCUT2D eigenvalue weighted by Gasteiger charge is -2.11. The van der Waals surface area contributed by atoms with Crippen LogP contribution in [0.15, 0.2) is 11.9 Å². The van der Waals surface area contributed by atoms with Gasteiger partial charge >= 0.3 is 5.97 Å². The summed E-state index contributed by atoms with van der Waals surface area (Å²) in [6.45, 7) is 7.72. The molecule has 0 saturated heterocycles. The highest BCUT2D eigenvalue weighted by Gasteiger charge is 2.69. The summed E-state index contributed by atoms with van der Waals surface area (Å²) in [6.07, 6.45) is 5.16. The van der Waals surface area contributed by atoms with Gasteiger partial charge in [0.2, 0.25) is 6.10 Å². The number of terminal acetylenes is 1. The van der Waals surface area contributed by atoms with E-state index in [0.717, 1.165) is 6.08 Å². The Hall–Kier alpha value is -1.34. The van der Waals surface area contributed by atoms with E-state index in [4.69, 9.17) is 16.3 Å². The minimum Gasteiger partial charge on any atom is -0.441 e. The lowest BCUT2D eigenvalue weighted by molar-refractivity contribution is -0.148. The Bertz CT molecular complexity index is 415. The molecule has 0 aromatic heterocycles. The van der Waals surface area contributed by atoms with Crippen LogP contribution in [0.3, 0.4) is 0 Å². The topological polar surface area (TPSA) is 46.5 Å². The van der Waals surface area contributed by atoms with Crippen molar-refractivity contribution in [1.82, 2.24) is 0 Å². The zero-order chi connectivity index (χ0) is 14.8. The first-order valence-electron chi connectivity index (χ1n) is 6.33. The SMILES string of the molecule is C#CC(OC(=O)C1C(C)(C)C1(C)C)/C(F)=C/CCO. The minimum absolute atomic E-state index is 0.141. The fourth-order valence-corrected chi connectivity index (χ4v) is 2.45. The number of hydrogen-bond donors (Lipinski definition) is 1. The average Bonchev–Trinajstić information content (AvgIpc) is 2.73. The third-order valence-electron chi connectivity index (χ3n) is 4.36. The molecule has 1 aliphatic rings. The summed E-state index contributed by atoms with van der Waals surface area (Å²) < 4.78 is 18.7. The lowest BCUT2D eigenvalue weighted by Crippen LogP contribution is -2.20. The van der Waals surface area contributed by atoms with Crippen LogP contribution < -0.4 is 0 Å². The van der Waals surface area contributed by atoms with Gasteiger partial charge in [0.1, 0.15) is 5.83 Å². The maximum atomic E-state index is 13.6. The van der Waals surface area contributed by atoms with E-state index in [0.29, 0.717) is 0 Å². The molecule has 19 heavy (non-hydrogen) atoms. The van der Waals surface area contributed by atoms with E-state index in [1.165, 1.54) is 0 Å². The molecule has 0 aromatic carbocycles. The standard InChI is InChI=1S/C15H21FO3/c1-6-11(10(16)8-7-9-17)19-13(18)12-14(2,3)15(12,4)5/h1,8,11-12,17H,7,9H2,2-5H3/b10-8-. The molecule has 0 aromatic rings. The summed E-state index contributed by atoms with van der Waals surface area (Å²) >= 11 is 0. The number of carbonyl (C=O) groups excluding carboxylic acids is 1. The molecule has 1 unspecified atom stereocenters. The lowest BCUT2D eigenvalue weighted by atomic mass is 10.0. The minimum atomic E-state index is -1.30.